The van der Waals surface area contributed by atoms with Crippen LogP contribution in [0.15, 0.2) is 42.5 Å². The van der Waals surface area contributed by atoms with Crippen molar-refractivity contribution < 1.29 is 5.11 Å². The van der Waals surface area contributed by atoms with Crippen LogP contribution >= 0.6 is 0 Å². The second-order valence-corrected chi connectivity index (χ2v) is 6.08. The molecule has 1 atom stereocenters. The highest BCUT2D eigenvalue weighted by molar-refractivity contribution is 5.44. The summed E-state index contributed by atoms with van der Waals surface area (Å²) in [5.74, 6) is 1.02. The Morgan fingerprint density at radius 3 is 2.35 bits per heavy atom. The average molecular weight is 311 g/mol. The first-order valence-electron chi connectivity index (χ1n) is 8.37. The first kappa shape index (κ1) is 16.0. The van der Waals surface area contributed by atoms with Gasteiger partial charge in [0, 0.05) is 37.4 Å². The molecule has 4 nitrogen and oxygen atoms in total. The Kier molecular flexibility index (Phi) is 4.94. The fourth-order valence-electron chi connectivity index (χ4n) is 3.13. The monoisotopic (exact) mass is 311 g/mol. The van der Waals surface area contributed by atoms with Crippen molar-refractivity contribution in [2.45, 2.75) is 20.0 Å². The second kappa shape index (κ2) is 7.11. The largest absolute Gasteiger partial charge is 0.384 e. The Hall–Kier alpha value is -1.91. The first-order chi connectivity index (χ1) is 11.2. The van der Waals surface area contributed by atoms with Gasteiger partial charge in [-0.15, -0.1) is 0 Å². The molecule has 23 heavy (non-hydrogen) atoms. The van der Waals surface area contributed by atoms with Crippen molar-refractivity contribution in [1.82, 2.24) is 9.88 Å². The number of benzene rings is 1. The van der Waals surface area contributed by atoms with E-state index in [1.807, 2.05) is 49.4 Å². The van der Waals surface area contributed by atoms with Crippen molar-refractivity contribution in [3.63, 3.8) is 0 Å². The SMILES string of the molecule is CCN1CCN(c2ccc(C(O)c3ccccc3)c(C)n2)CC1. The molecule has 0 bridgehead atoms. The fraction of sp³-hybridized carbons (Fsp3) is 0.421. The van der Waals surface area contributed by atoms with Crippen LogP contribution in [-0.2, 0) is 0 Å². The second-order valence-electron chi connectivity index (χ2n) is 6.08. The maximum atomic E-state index is 10.6. The van der Waals surface area contributed by atoms with E-state index < -0.39 is 6.10 Å². The molecule has 1 fully saturated rings. The number of aliphatic hydroxyl groups excluding tert-OH is 1. The van der Waals surface area contributed by atoms with Crippen LogP contribution in [0.4, 0.5) is 5.82 Å². The highest BCUT2D eigenvalue weighted by Gasteiger charge is 2.19. The van der Waals surface area contributed by atoms with Crippen LogP contribution < -0.4 is 4.90 Å². The van der Waals surface area contributed by atoms with E-state index in [-0.39, 0.29) is 0 Å². The summed E-state index contributed by atoms with van der Waals surface area (Å²) in [6.07, 6.45) is -0.616. The Balaban J connectivity index is 1.76. The van der Waals surface area contributed by atoms with Crippen LogP contribution in [0, 0.1) is 6.92 Å². The quantitative estimate of drug-likeness (QED) is 0.942. The molecule has 0 spiro atoms. The van der Waals surface area contributed by atoms with Crippen LogP contribution in [0.3, 0.4) is 0 Å². The van der Waals surface area contributed by atoms with Gasteiger partial charge in [-0.1, -0.05) is 43.3 Å². The lowest BCUT2D eigenvalue weighted by Gasteiger charge is -2.35. The molecule has 1 aromatic heterocycles. The van der Waals surface area contributed by atoms with Gasteiger partial charge < -0.3 is 14.9 Å². The summed E-state index contributed by atoms with van der Waals surface area (Å²) in [5, 5.41) is 10.6. The van der Waals surface area contributed by atoms with E-state index in [1.165, 1.54) is 0 Å². The van der Waals surface area contributed by atoms with Gasteiger partial charge in [-0.2, -0.15) is 0 Å². The zero-order chi connectivity index (χ0) is 16.2. The molecule has 2 aromatic rings. The maximum Gasteiger partial charge on any atom is 0.128 e. The molecule has 122 valence electrons. The molecule has 1 aliphatic rings. The molecule has 3 rings (SSSR count). The van der Waals surface area contributed by atoms with Crippen LogP contribution in [0.1, 0.15) is 29.8 Å². The highest BCUT2D eigenvalue weighted by atomic mass is 16.3. The van der Waals surface area contributed by atoms with Crippen molar-refractivity contribution >= 4 is 5.82 Å². The number of piperazine rings is 1. The molecule has 1 aromatic carbocycles. The smallest absolute Gasteiger partial charge is 0.128 e. The summed E-state index contributed by atoms with van der Waals surface area (Å²) in [5.41, 5.74) is 2.69. The topological polar surface area (TPSA) is 39.6 Å². The zero-order valence-corrected chi connectivity index (χ0v) is 13.9. The molecule has 1 N–H and O–H groups in total. The van der Waals surface area contributed by atoms with Crippen molar-refractivity contribution in [1.29, 1.82) is 0 Å². The van der Waals surface area contributed by atoms with E-state index in [9.17, 15) is 5.11 Å². The molecule has 1 aliphatic heterocycles. The van der Waals surface area contributed by atoms with Crippen molar-refractivity contribution in [3.05, 3.63) is 59.3 Å². The van der Waals surface area contributed by atoms with Gasteiger partial charge in [-0.05, 0) is 25.1 Å². The van der Waals surface area contributed by atoms with E-state index in [0.717, 1.165) is 55.4 Å². The van der Waals surface area contributed by atoms with Gasteiger partial charge in [0.25, 0.3) is 0 Å². The van der Waals surface area contributed by atoms with Crippen LogP contribution in [0.2, 0.25) is 0 Å². The van der Waals surface area contributed by atoms with Crippen LogP contribution in [0.25, 0.3) is 0 Å². The summed E-state index contributed by atoms with van der Waals surface area (Å²) in [6, 6.07) is 13.8. The zero-order valence-electron chi connectivity index (χ0n) is 13.9. The summed E-state index contributed by atoms with van der Waals surface area (Å²) >= 11 is 0. The molecular weight excluding hydrogens is 286 g/mol. The predicted molar refractivity (Wildman–Crippen MR) is 93.8 cm³/mol. The minimum Gasteiger partial charge on any atom is -0.384 e. The van der Waals surface area contributed by atoms with E-state index in [0.29, 0.717) is 0 Å². The van der Waals surface area contributed by atoms with E-state index in [2.05, 4.69) is 16.7 Å². The molecule has 0 radical (unpaired) electrons. The molecule has 0 amide bonds. The number of aromatic nitrogens is 1. The van der Waals surface area contributed by atoms with Gasteiger partial charge in [0.05, 0.1) is 0 Å². The van der Waals surface area contributed by atoms with Crippen LogP contribution in [0.5, 0.6) is 0 Å². The lowest BCUT2D eigenvalue weighted by molar-refractivity contribution is 0.219. The number of likely N-dealkylation sites (N-methyl/N-ethyl adjacent to an activating group) is 1. The lowest BCUT2D eigenvalue weighted by Crippen LogP contribution is -2.46. The Morgan fingerprint density at radius 2 is 1.74 bits per heavy atom. The third kappa shape index (κ3) is 3.54. The first-order valence-corrected chi connectivity index (χ1v) is 8.37. The number of nitrogens with zero attached hydrogens (tertiary/aromatic N) is 3. The molecule has 2 heterocycles. The van der Waals surface area contributed by atoms with Crippen molar-refractivity contribution in [2.75, 3.05) is 37.6 Å². The number of aliphatic hydroxyl groups is 1. The third-order valence-electron chi connectivity index (χ3n) is 4.67. The molecule has 1 saturated heterocycles. The van der Waals surface area contributed by atoms with Gasteiger partial charge in [-0.3, -0.25) is 0 Å². The van der Waals surface area contributed by atoms with E-state index >= 15 is 0 Å². The minimum atomic E-state index is -0.616. The summed E-state index contributed by atoms with van der Waals surface area (Å²) < 4.78 is 0. The van der Waals surface area contributed by atoms with Gasteiger partial charge in [-0.25, -0.2) is 4.98 Å². The number of hydrogen-bond acceptors (Lipinski definition) is 4. The molecule has 1 unspecified atom stereocenters. The van der Waals surface area contributed by atoms with Crippen molar-refractivity contribution in [2.24, 2.45) is 0 Å². The standard InChI is InChI=1S/C19H25N3O/c1-3-21-11-13-22(14-12-21)18-10-9-17(15(2)20-18)19(23)16-7-5-4-6-8-16/h4-10,19,23H,3,11-14H2,1-2H3. The lowest BCUT2D eigenvalue weighted by atomic mass is 10.0. The summed E-state index contributed by atoms with van der Waals surface area (Å²) in [7, 11) is 0. The summed E-state index contributed by atoms with van der Waals surface area (Å²) in [6.45, 7) is 9.51. The third-order valence-corrected chi connectivity index (χ3v) is 4.67. The Bertz CT molecular complexity index is 636. The molecule has 0 saturated carbocycles. The maximum absolute atomic E-state index is 10.6. The van der Waals surface area contributed by atoms with Crippen molar-refractivity contribution in [3.8, 4) is 0 Å². The minimum absolute atomic E-state index is 0.616. The Labute approximate surface area is 138 Å². The highest BCUT2D eigenvalue weighted by Crippen LogP contribution is 2.26. The van der Waals surface area contributed by atoms with E-state index in [4.69, 9.17) is 4.98 Å². The number of aryl methyl sites for hydroxylation is 1. The number of hydrogen-bond donors (Lipinski definition) is 1. The molecular formula is C19H25N3O. The normalized spacial score (nSPS) is 17.3. The number of pyridine rings is 1. The summed E-state index contributed by atoms with van der Waals surface area (Å²) in [4.78, 5) is 9.53. The van der Waals surface area contributed by atoms with Gasteiger partial charge >= 0.3 is 0 Å². The van der Waals surface area contributed by atoms with E-state index in [1.54, 1.807) is 0 Å². The Morgan fingerprint density at radius 1 is 1.04 bits per heavy atom. The fourth-order valence-corrected chi connectivity index (χ4v) is 3.13. The number of anilines is 1. The molecule has 4 heteroatoms. The number of rotatable bonds is 4. The van der Waals surface area contributed by atoms with Gasteiger partial charge in [0.1, 0.15) is 11.9 Å². The van der Waals surface area contributed by atoms with Gasteiger partial charge in [0.15, 0.2) is 0 Å². The molecule has 0 aliphatic carbocycles. The average Bonchev–Trinajstić information content (AvgIpc) is 2.62. The predicted octanol–water partition coefficient (Wildman–Crippen LogP) is 2.61. The van der Waals surface area contributed by atoms with Gasteiger partial charge in [0.2, 0.25) is 0 Å². The van der Waals surface area contributed by atoms with Crippen LogP contribution in [-0.4, -0.2) is 47.7 Å².